The fourth-order valence-electron chi connectivity index (χ4n) is 4.43. The third-order valence-electron chi connectivity index (χ3n) is 6.45. The van der Waals surface area contributed by atoms with Crippen LogP contribution in [-0.4, -0.2) is 5.97 Å². The molecule has 1 aliphatic rings. The quantitative estimate of drug-likeness (QED) is 0.0654. The Balaban J connectivity index is 1.92. The van der Waals surface area contributed by atoms with Crippen molar-refractivity contribution < 1.29 is 4.39 Å². The number of anilines is 1. The number of hydrogen-bond donors (Lipinski definition) is 4. The minimum absolute atomic E-state index is 0.277. The standard InChI is InChI=1S/C29H29FIN4P/c30-29(34)25-17-23(14-16-26(25)35-36-31)28(22-12-9-19(10-13-22)11-15-24(33)18-32)27(21-7-4-8-21)20-5-2-1-3-6-20/h1-3,5-6,9-18,21,34-36H,4,7-8,32-33H2/b15-11+,24-18-,28-27-,34-29?. The summed E-state index contributed by atoms with van der Waals surface area (Å²) in [6.07, 6.45) is 8.89. The number of nitrogens with one attached hydrogen (secondary N) is 2. The minimum atomic E-state index is -0.940. The Kier molecular flexibility index (Phi) is 8.94. The van der Waals surface area contributed by atoms with E-state index in [2.05, 4.69) is 63.5 Å². The van der Waals surface area contributed by atoms with Crippen LogP contribution in [0, 0.1) is 11.3 Å². The van der Waals surface area contributed by atoms with Crippen LogP contribution in [0.2, 0.25) is 0 Å². The molecule has 7 heteroatoms. The zero-order chi connectivity index (χ0) is 25.5. The van der Waals surface area contributed by atoms with Gasteiger partial charge in [-0.15, -0.1) is 0 Å². The van der Waals surface area contributed by atoms with E-state index in [1.165, 1.54) is 23.8 Å². The number of nitrogens with two attached hydrogens (primary N) is 2. The van der Waals surface area contributed by atoms with Gasteiger partial charge in [-0.2, -0.15) is 4.39 Å². The average molecular weight is 610 g/mol. The lowest BCUT2D eigenvalue weighted by Gasteiger charge is -2.32. The molecular weight excluding hydrogens is 581 g/mol. The maximum Gasteiger partial charge on any atom is 0.214 e. The average Bonchev–Trinajstić information content (AvgIpc) is 2.87. The summed E-state index contributed by atoms with van der Waals surface area (Å²) in [6.45, 7) is 0. The Morgan fingerprint density at radius 1 is 1.00 bits per heavy atom. The largest absolute Gasteiger partial charge is 0.403 e. The highest BCUT2D eigenvalue weighted by molar-refractivity contribution is 14.2. The molecule has 0 spiro atoms. The molecule has 36 heavy (non-hydrogen) atoms. The molecule has 0 heterocycles. The maximum absolute atomic E-state index is 14.4. The van der Waals surface area contributed by atoms with Crippen LogP contribution in [0.4, 0.5) is 10.1 Å². The molecule has 1 unspecified atom stereocenters. The highest BCUT2D eigenvalue weighted by Crippen LogP contribution is 2.45. The highest BCUT2D eigenvalue weighted by atomic mass is 127. The van der Waals surface area contributed by atoms with Gasteiger partial charge in [0.05, 0.1) is 5.56 Å². The second-order valence-electron chi connectivity index (χ2n) is 8.70. The van der Waals surface area contributed by atoms with Crippen LogP contribution in [0.15, 0.2) is 90.8 Å². The summed E-state index contributed by atoms with van der Waals surface area (Å²) in [4.78, 5) is 0. The van der Waals surface area contributed by atoms with E-state index in [4.69, 9.17) is 16.9 Å². The van der Waals surface area contributed by atoms with Crippen LogP contribution < -0.4 is 16.6 Å². The van der Waals surface area contributed by atoms with Crippen molar-refractivity contribution in [1.82, 2.24) is 0 Å². The number of halogens is 2. The van der Waals surface area contributed by atoms with E-state index in [9.17, 15) is 4.39 Å². The van der Waals surface area contributed by atoms with Crippen molar-refractivity contribution in [1.29, 1.82) is 5.41 Å². The highest BCUT2D eigenvalue weighted by Gasteiger charge is 2.27. The van der Waals surface area contributed by atoms with E-state index in [0.29, 0.717) is 23.7 Å². The first-order chi connectivity index (χ1) is 17.5. The summed E-state index contributed by atoms with van der Waals surface area (Å²) >= 11 is 2.21. The van der Waals surface area contributed by atoms with Crippen molar-refractivity contribution in [3.63, 3.8) is 0 Å². The number of hydrogen-bond acceptors (Lipinski definition) is 4. The molecule has 4 nitrogen and oxygen atoms in total. The van der Waals surface area contributed by atoms with Crippen molar-refractivity contribution in [2.75, 3.05) is 5.09 Å². The predicted molar refractivity (Wildman–Crippen MR) is 162 cm³/mol. The molecule has 6 N–H and O–H groups in total. The summed E-state index contributed by atoms with van der Waals surface area (Å²) < 4.78 is 14.4. The van der Waals surface area contributed by atoms with Gasteiger partial charge in [0.15, 0.2) is 0 Å². The first-order valence-electron chi connectivity index (χ1n) is 11.8. The van der Waals surface area contributed by atoms with Crippen molar-refractivity contribution in [3.05, 3.63) is 119 Å². The molecule has 0 aliphatic heterocycles. The molecule has 0 saturated heterocycles. The summed E-state index contributed by atoms with van der Waals surface area (Å²) in [7, 11) is 0. The molecule has 1 atom stereocenters. The van der Waals surface area contributed by atoms with E-state index in [-0.39, 0.29) is 5.56 Å². The third kappa shape index (κ3) is 6.05. The molecule has 1 saturated carbocycles. The molecular formula is C29H29FIN4P. The fraction of sp³-hybridized carbons (Fsp3) is 0.138. The molecule has 3 aromatic rings. The molecule has 184 valence electrons. The zero-order valence-corrected chi connectivity index (χ0v) is 22.9. The van der Waals surface area contributed by atoms with Gasteiger partial charge in [0.1, 0.15) is 0 Å². The maximum atomic E-state index is 14.4. The van der Waals surface area contributed by atoms with Gasteiger partial charge in [-0.1, -0.05) is 73.2 Å². The first-order valence-corrected chi connectivity index (χ1v) is 15.9. The molecule has 0 radical (unpaired) electrons. The Hall–Kier alpha value is -2.96. The summed E-state index contributed by atoms with van der Waals surface area (Å²) in [5.74, 6) is -0.511. The van der Waals surface area contributed by atoms with Gasteiger partial charge in [-0.3, -0.25) is 5.41 Å². The number of allylic oxidation sites excluding steroid dienone is 2. The Labute approximate surface area is 226 Å². The predicted octanol–water partition coefficient (Wildman–Crippen LogP) is 7.87. The molecule has 0 bridgehead atoms. The lowest BCUT2D eigenvalue weighted by atomic mass is 9.73. The lowest BCUT2D eigenvalue weighted by Crippen LogP contribution is -2.15. The second-order valence-corrected chi connectivity index (χ2v) is 10.8. The zero-order valence-electron chi connectivity index (χ0n) is 19.8. The fourth-order valence-corrected chi connectivity index (χ4v) is 5.62. The van der Waals surface area contributed by atoms with Gasteiger partial charge in [0, 0.05) is 24.0 Å². The van der Waals surface area contributed by atoms with Gasteiger partial charge in [0.2, 0.25) is 5.97 Å². The molecule has 1 aliphatic carbocycles. The van der Waals surface area contributed by atoms with Crippen LogP contribution >= 0.6 is 28.4 Å². The van der Waals surface area contributed by atoms with Crippen molar-refractivity contribution >= 4 is 57.3 Å². The normalized spacial score (nSPS) is 15.2. The van der Waals surface area contributed by atoms with Gasteiger partial charge in [0.25, 0.3) is 0 Å². The topological polar surface area (TPSA) is 87.9 Å². The van der Waals surface area contributed by atoms with Gasteiger partial charge < -0.3 is 16.6 Å². The van der Waals surface area contributed by atoms with E-state index in [1.54, 1.807) is 12.1 Å². The Bertz CT molecular complexity index is 1310. The first kappa shape index (κ1) is 26.1. The smallest absolute Gasteiger partial charge is 0.214 e. The van der Waals surface area contributed by atoms with E-state index >= 15 is 0 Å². The van der Waals surface area contributed by atoms with Crippen LogP contribution in [0.1, 0.15) is 47.1 Å². The van der Waals surface area contributed by atoms with Crippen molar-refractivity contribution in [2.45, 2.75) is 19.3 Å². The van der Waals surface area contributed by atoms with Gasteiger partial charge in [-0.25, -0.2) is 0 Å². The summed E-state index contributed by atoms with van der Waals surface area (Å²) in [5.41, 5.74) is 19.2. The van der Waals surface area contributed by atoms with E-state index in [0.717, 1.165) is 35.1 Å². The van der Waals surface area contributed by atoms with Crippen LogP contribution in [0.3, 0.4) is 0 Å². The monoisotopic (exact) mass is 610 g/mol. The van der Waals surface area contributed by atoms with Crippen molar-refractivity contribution in [3.8, 4) is 0 Å². The third-order valence-corrected chi connectivity index (χ3v) is 7.63. The van der Waals surface area contributed by atoms with Crippen molar-refractivity contribution in [2.24, 2.45) is 17.4 Å². The Morgan fingerprint density at radius 2 is 1.69 bits per heavy atom. The minimum Gasteiger partial charge on any atom is -0.403 e. The van der Waals surface area contributed by atoms with E-state index in [1.807, 2.05) is 36.4 Å². The molecule has 3 aromatic carbocycles. The Morgan fingerprint density at radius 3 is 2.28 bits per heavy atom. The van der Waals surface area contributed by atoms with Gasteiger partial charge in [-0.05, 0) is 92.4 Å². The van der Waals surface area contributed by atoms with Crippen LogP contribution in [0.25, 0.3) is 17.2 Å². The number of benzene rings is 3. The SMILES string of the molecule is N=C(F)c1cc(/C(=C(/c2ccccc2)C2CCC2)c2ccc(/C=C/C(N)=C/N)cc2)ccc1NPI. The lowest BCUT2D eigenvalue weighted by molar-refractivity contribution is 0.401. The molecule has 4 rings (SSSR count). The van der Waals surface area contributed by atoms with Crippen LogP contribution in [-0.2, 0) is 0 Å². The van der Waals surface area contributed by atoms with Crippen LogP contribution in [0.5, 0.6) is 0 Å². The number of rotatable bonds is 9. The second kappa shape index (κ2) is 12.3. The summed E-state index contributed by atoms with van der Waals surface area (Å²) in [6, 6.07) is 24.4. The van der Waals surface area contributed by atoms with E-state index < -0.39 is 5.97 Å². The molecule has 0 amide bonds. The molecule has 1 fully saturated rings. The van der Waals surface area contributed by atoms with Gasteiger partial charge >= 0.3 is 0 Å². The molecule has 0 aromatic heterocycles. The summed E-state index contributed by atoms with van der Waals surface area (Å²) in [5, 5.41) is 11.0.